The Morgan fingerprint density at radius 1 is 0.912 bits per heavy atom. The van der Waals surface area contributed by atoms with E-state index in [9.17, 15) is 4.79 Å². The van der Waals surface area contributed by atoms with Gasteiger partial charge < -0.3 is 9.64 Å². The van der Waals surface area contributed by atoms with Gasteiger partial charge in [0.2, 0.25) is 5.90 Å². The summed E-state index contributed by atoms with van der Waals surface area (Å²) in [5, 5.41) is 6.92. The van der Waals surface area contributed by atoms with E-state index in [1.165, 1.54) is 0 Å². The standard InChI is InChI=1S/C28H24N4O2/c1-19-24(27(31-16-7-8-17-31)32(30-19)21-12-3-2-4-13-21)18-25-28(33)34-26(29-25)23-15-9-11-20-10-5-6-14-22(20)23/h2-6,9-15,18H,7-8,16-17H2,1H3/b25-18-. The molecule has 0 atom stereocenters. The number of benzene rings is 3. The Bertz CT molecular complexity index is 1460. The van der Waals surface area contributed by atoms with Gasteiger partial charge in [-0.15, -0.1) is 0 Å². The molecule has 2 aliphatic heterocycles. The number of nitrogens with zero attached hydrogens (tertiary/aromatic N) is 4. The van der Waals surface area contributed by atoms with Gasteiger partial charge in [0, 0.05) is 24.2 Å². The summed E-state index contributed by atoms with van der Waals surface area (Å²) in [6, 6.07) is 24.1. The summed E-state index contributed by atoms with van der Waals surface area (Å²) in [5.74, 6) is 0.890. The molecule has 0 aliphatic carbocycles. The number of rotatable bonds is 4. The van der Waals surface area contributed by atoms with Crippen molar-refractivity contribution in [3.8, 4) is 5.69 Å². The fourth-order valence-corrected chi connectivity index (χ4v) is 4.75. The van der Waals surface area contributed by atoms with Crippen LogP contribution in [0.4, 0.5) is 5.82 Å². The van der Waals surface area contributed by atoms with Crippen LogP contribution in [0.1, 0.15) is 29.7 Å². The minimum absolute atomic E-state index is 0.291. The number of para-hydroxylation sites is 1. The quantitative estimate of drug-likeness (QED) is 0.315. The number of carbonyl (C=O) groups excluding carboxylic acids is 1. The minimum atomic E-state index is -0.442. The van der Waals surface area contributed by atoms with E-state index in [1.54, 1.807) is 0 Å². The second-order valence-corrected chi connectivity index (χ2v) is 8.63. The van der Waals surface area contributed by atoms with Gasteiger partial charge in [0.15, 0.2) is 5.70 Å². The van der Waals surface area contributed by atoms with E-state index in [1.807, 2.05) is 90.5 Å². The zero-order valence-electron chi connectivity index (χ0n) is 18.9. The van der Waals surface area contributed by atoms with Gasteiger partial charge in [-0.25, -0.2) is 14.5 Å². The van der Waals surface area contributed by atoms with Crippen molar-refractivity contribution in [3.05, 3.63) is 95.3 Å². The Kier molecular flexibility index (Phi) is 4.99. The maximum Gasteiger partial charge on any atom is 0.363 e. The maximum absolute atomic E-state index is 12.9. The normalized spacial score (nSPS) is 17.0. The van der Waals surface area contributed by atoms with Gasteiger partial charge in [-0.3, -0.25) is 0 Å². The lowest BCUT2D eigenvalue weighted by molar-refractivity contribution is -0.129. The number of anilines is 1. The molecule has 34 heavy (non-hydrogen) atoms. The Balaban J connectivity index is 1.47. The van der Waals surface area contributed by atoms with Crippen LogP contribution in [0, 0.1) is 6.92 Å². The highest BCUT2D eigenvalue weighted by Gasteiger charge is 2.28. The SMILES string of the molecule is Cc1nn(-c2ccccc2)c(N2CCCC2)c1/C=C1\N=C(c2cccc3ccccc23)OC1=O. The van der Waals surface area contributed by atoms with Crippen LogP contribution in [0.2, 0.25) is 0 Å². The van der Waals surface area contributed by atoms with E-state index >= 15 is 0 Å². The fraction of sp³-hybridized carbons (Fsp3) is 0.179. The molecule has 0 amide bonds. The Hall–Kier alpha value is -4.19. The van der Waals surface area contributed by atoms with Crippen LogP contribution in [0.5, 0.6) is 0 Å². The largest absolute Gasteiger partial charge is 0.402 e. The highest BCUT2D eigenvalue weighted by atomic mass is 16.6. The first-order valence-corrected chi connectivity index (χ1v) is 11.6. The second-order valence-electron chi connectivity index (χ2n) is 8.63. The molecule has 0 N–H and O–H groups in total. The topological polar surface area (TPSA) is 59.7 Å². The molecule has 6 rings (SSSR count). The van der Waals surface area contributed by atoms with Crippen LogP contribution in [-0.4, -0.2) is 34.7 Å². The van der Waals surface area contributed by atoms with Crippen LogP contribution >= 0.6 is 0 Å². The van der Waals surface area contributed by atoms with Crippen LogP contribution in [0.25, 0.3) is 22.5 Å². The lowest BCUT2D eigenvalue weighted by Gasteiger charge is -2.20. The molecule has 1 saturated heterocycles. The van der Waals surface area contributed by atoms with Gasteiger partial charge in [-0.1, -0.05) is 54.6 Å². The average molecular weight is 449 g/mol. The van der Waals surface area contributed by atoms with E-state index < -0.39 is 5.97 Å². The average Bonchev–Trinajstić information content (AvgIpc) is 3.60. The van der Waals surface area contributed by atoms with Gasteiger partial charge in [0.25, 0.3) is 0 Å². The molecule has 4 aromatic rings. The summed E-state index contributed by atoms with van der Waals surface area (Å²) in [7, 11) is 0. The summed E-state index contributed by atoms with van der Waals surface area (Å²) >= 11 is 0. The molecule has 6 nitrogen and oxygen atoms in total. The molecule has 0 unspecified atom stereocenters. The van der Waals surface area contributed by atoms with Gasteiger partial charge in [0.1, 0.15) is 5.82 Å². The number of fused-ring (bicyclic) bond motifs is 1. The molecule has 6 heteroatoms. The third-order valence-electron chi connectivity index (χ3n) is 6.41. The smallest absolute Gasteiger partial charge is 0.363 e. The van der Waals surface area contributed by atoms with Gasteiger partial charge >= 0.3 is 5.97 Å². The molecule has 2 aliphatic rings. The van der Waals surface area contributed by atoms with E-state index in [0.717, 1.165) is 65.0 Å². The molecule has 0 bridgehead atoms. The van der Waals surface area contributed by atoms with E-state index in [-0.39, 0.29) is 0 Å². The van der Waals surface area contributed by atoms with Crippen molar-refractivity contribution in [2.75, 3.05) is 18.0 Å². The van der Waals surface area contributed by atoms with Crippen molar-refractivity contribution in [3.63, 3.8) is 0 Å². The molecule has 1 aromatic heterocycles. The summed E-state index contributed by atoms with van der Waals surface area (Å²) in [4.78, 5) is 19.8. The van der Waals surface area contributed by atoms with Crippen LogP contribution < -0.4 is 4.90 Å². The minimum Gasteiger partial charge on any atom is -0.402 e. The Labute approximate surface area is 197 Å². The van der Waals surface area contributed by atoms with Crippen molar-refractivity contribution >= 4 is 34.5 Å². The highest BCUT2D eigenvalue weighted by molar-refractivity contribution is 6.17. The summed E-state index contributed by atoms with van der Waals surface area (Å²) in [6.07, 6.45) is 4.11. The predicted octanol–water partition coefficient (Wildman–Crippen LogP) is 5.28. The second kappa shape index (κ2) is 8.30. The highest BCUT2D eigenvalue weighted by Crippen LogP contribution is 2.33. The van der Waals surface area contributed by atoms with Gasteiger partial charge in [-0.05, 0) is 54.8 Å². The predicted molar refractivity (Wildman–Crippen MR) is 134 cm³/mol. The number of hydrogen-bond donors (Lipinski definition) is 0. The summed E-state index contributed by atoms with van der Waals surface area (Å²) in [6.45, 7) is 3.90. The Morgan fingerprint density at radius 2 is 1.65 bits per heavy atom. The summed E-state index contributed by atoms with van der Waals surface area (Å²) < 4.78 is 7.61. The number of cyclic esters (lactones) is 1. The number of ether oxygens (including phenoxy) is 1. The molecule has 3 aromatic carbocycles. The molecule has 3 heterocycles. The number of aliphatic imine (C=N–C) groups is 1. The third kappa shape index (κ3) is 3.48. The fourth-order valence-electron chi connectivity index (χ4n) is 4.75. The van der Waals surface area contributed by atoms with Crippen LogP contribution in [-0.2, 0) is 9.53 Å². The first kappa shape index (κ1) is 20.4. The summed E-state index contributed by atoms with van der Waals surface area (Å²) in [5.41, 5.74) is 3.84. The van der Waals surface area contributed by atoms with E-state index in [2.05, 4.69) is 9.89 Å². The zero-order valence-corrected chi connectivity index (χ0v) is 18.9. The maximum atomic E-state index is 12.9. The van der Waals surface area contributed by atoms with Crippen molar-refractivity contribution in [2.45, 2.75) is 19.8 Å². The zero-order chi connectivity index (χ0) is 23.1. The number of carbonyl (C=O) groups is 1. The monoisotopic (exact) mass is 448 g/mol. The molecule has 0 saturated carbocycles. The van der Waals surface area contributed by atoms with Gasteiger partial charge in [-0.2, -0.15) is 5.10 Å². The molecular formula is C28H24N4O2. The number of aromatic nitrogens is 2. The van der Waals surface area contributed by atoms with E-state index in [0.29, 0.717) is 11.6 Å². The van der Waals surface area contributed by atoms with Crippen LogP contribution in [0.15, 0.2) is 83.5 Å². The number of aryl methyl sites for hydroxylation is 1. The van der Waals surface area contributed by atoms with E-state index in [4.69, 9.17) is 9.84 Å². The first-order valence-electron chi connectivity index (χ1n) is 11.6. The van der Waals surface area contributed by atoms with Crippen molar-refractivity contribution < 1.29 is 9.53 Å². The first-order chi connectivity index (χ1) is 16.7. The number of hydrogen-bond acceptors (Lipinski definition) is 5. The molecule has 1 fully saturated rings. The lowest BCUT2D eigenvalue weighted by atomic mass is 10.0. The third-order valence-corrected chi connectivity index (χ3v) is 6.41. The lowest BCUT2D eigenvalue weighted by Crippen LogP contribution is -2.22. The molecule has 0 spiro atoms. The number of esters is 1. The van der Waals surface area contributed by atoms with Crippen molar-refractivity contribution in [2.24, 2.45) is 4.99 Å². The molecule has 168 valence electrons. The van der Waals surface area contributed by atoms with Crippen molar-refractivity contribution in [1.29, 1.82) is 0 Å². The molecule has 0 radical (unpaired) electrons. The molecular weight excluding hydrogens is 424 g/mol. The Morgan fingerprint density at radius 3 is 2.47 bits per heavy atom. The van der Waals surface area contributed by atoms with Crippen molar-refractivity contribution in [1.82, 2.24) is 9.78 Å². The van der Waals surface area contributed by atoms with Crippen LogP contribution in [0.3, 0.4) is 0 Å². The van der Waals surface area contributed by atoms with Gasteiger partial charge in [0.05, 0.1) is 11.4 Å².